The second-order valence-corrected chi connectivity index (χ2v) is 4.29. The molecule has 0 spiro atoms. The zero-order valence-electron chi connectivity index (χ0n) is 9.55. The minimum Gasteiger partial charge on any atom is -0.310 e. The van der Waals surface area contributed by atoms with Crippen molar-refractivity contribution in [3.63, 3.8) is 0 Å². The summed E-state index contributed by atoms with van der Waals surface area (Å²) in [5, 5.41) is 3.60. The molecule has 1 aliphatic heterocycles. The number of rotatable bonds is 1. The van der Waals surface area contributed by atoms with Gasteiger partial charge in [-0.15, -0.1) is 12.4 Å². The summed E-state index contributed by atoms with van der Waals surface area (Å²) >= 11 is 0. The Labute approximate surface area is 98.7 Å². The van der Waals surface area contributed by atoms with E-state index in [-0.39, 0.29) is 12.4 Å². The van der Waals surface area contributed by atoms with Crippen LogP contribution in [0, 0.1) is 13.8 Å². The highest BCUT2D eigenvalue weighted by atomic mass is 35.5. The molecule has 1 nitrogen and oxygen atoms in total. The van der Waals surface area contributed by atoms with E-state index in [1.807, 2.05) is 0 Å². The first-order valence-corrected chi connectivity index (χ1v) is 5.58. The van der Waals surface area contributed by atoms with Crippen LogP contribution in [0.25, 0.3) is 0 Å². The predicted octanol–water partition coefficient (Wildman–Crippen LogP) is 3.54. The van der Waals surface area contributed by atoms with Gasteiger partial charge in [-0.25, -0.2) is 0 Å². The van der Waals surface area contributed by atoms with Crippen molar-refractivity contribution in [2.75, 3.05) is 6.54 Å². The van der Waals surface area contributed by atoms with Crippen molar-refractivity contribution in [3.8, 4) is 0 Å². The van der Waals surface area contributed by atoms with Crippen molar-refractivity contribution in [1.82, 2.24) is 5.32 Å². The van der Waals surface area contributed by atoms with Crippen molar-refractivity contribution in [2.24, 2.45) is 0 Å². The minimum atomic E-state index is 0. The highest BCUT2D eigenvalue weighted by Gasteiger charge is 2.16. The average Bonchev–Trinajstić information content (AvgIpc) is 2.23. The first-order valence-electron chi connectivity index (χ1n) is 5.58. The second-order valence-electron chi connectivity index (χ2n) is 4.29. The van der Waals surface area contributed by atoms with Gasteiger partial charge < -0.3 is 5.32 Å². The highest BCUT2D eigenvalue weighted by Crippen LogP contribution is 2.26. The molecule has 84 valence electrons. The lowest BCUT2D eigenvalue weighted by Crippen LogP contribution is -2.27. The third-order valence-electron chi connectivity index (χ3n) is 3.33. The number of piperidine rings is 1. The molecule has 0 bridgehead atoms. The van der Waals surface area contributed by atoms with E-state index in [1.165, 1.54) is 42.5 Å². The Morgan fingerprint density at radius 2 is 2.00 bits per heavy atom. The summed E-state index contributed by atoms with van der Waals surface area (Å²) in [5.74, 6) is 0. The fraction of sp³-hybridized carbons (Fsp3) is 0.538. The first kappa shape index (κ1) is 12.5. The molecule has 0 saturated carbocycles. The van der Waals surface area contributed by atoms with Crippen molar-refractivity contribution < 1.29 is 0 Å². The van der Waals surface area contributed by atoms with Crippen LogP contribution in [0.1, 0.15) is 42.0 Å². The summed E-state index contributed by atoms with van der Waals surface area (Å²) in [5.41, 5.74) is 4.38. The van der Waals surface area contributed by atoms with Gasteiger partial charge in [0, 0.05) is 6.04 Å². The van der Waals surface area contributed by atoms with Crippen LogP contribution in [0.5, 0.6) is 0 Å². The molecule has 2 heteroatoms. The largest absolute Gasteiger partial charge is 0.310 e. The molecular formula is C13H20ClN. The maximum absolute atomic E-state index is 3.60. The molecule has 1 aromatic carbocycles. The molecule has 0 radical (unpaired) electrons. The topological polar surface area (TPSA) is 12.0 Å². The number of halogens is 1. The molecule has 0 unspecified atom stereocenters. The summed E-state index contributed by atoms with van der Waals surface area (Å²) in [6.45, 7) is 5.61. The Morgan fingerprint density at radius 3 is 2.67 bits per heavy atom. The lowest BCUT2D eigenvalue weighted by molar-refractivity contribution is 0.411. The van der Waals surface area contributed by atoms with Gasteiger partial charge >= 0.3 is 0 Å². The fourth-order valence-electron chi connectivity index (χ4n) is 2.27. The van der Waals surface area contributed by atoms with E-state index in [0.717, 1.165) is 0 Å². The van der Waals surface area contributed by atoms with E-state index in [9.17, 15) is 0 Å². The Bertz CT molecular complexity index is 316. The quantitative estimate of drug-likeness (QED) is 0.771. The van der Waals surface area contributed by atoms with Crippen LogP contribution in [0.3, 0.4) is 0 Å². The number of nitrogens with one attached hydrogen (secondary N) is 1. The molecule has 0 amide bonds. The number of benzene rings is 1. The molecule has 1 aliphatic rings. The molecule has 1 saturated heterocycles. The third kappa shape index (κ3) is 2.73. The number of hydrogen-bond acceptors (Lipinski definition) is 1. The van der Waals surface area contributed by atoms with Crippen molar-refractivity contribution >= 4 is 12.4 Å². The van der Waals surface area contributed by atoms with Crippen LogP contribution in [0.2, 0.25) is 0 Å². The molecule has 0 aliphatic carbocycles. The van der Waals surface area contributed by atoms with Crippen LogP contribution in [-0.4, -0.2) is 6.54 Å². The van der Waals surface area contributed by atoms with Gasteiger partial charge in [0.05, 0.1) is 0 Å². The average molecular weight is 226 g/mol. The van der Waals surface area contributed by atoms with Crippen LogP contribution in [0.4, 0.5) is 0 Å². The normalized spacial score (nSPS) is 20.8. The van der Waals surface area contributed by atoms with Gasteiger partial charge in [-0.1, -0.05) is 24.6 Å². The Kier molecular flexibility index (Phi) is 4.62. The van der Waals surface area contributed by atoms with Gasteiger partial charge in [0.15, 0.2) is 0 Å². The van der Waals surface area contributed by atoms with Crippen LogP contribution in [0.15, 0.2) is 18.2 Å². The highest BCUT2D eigenvalue weighted by molar-refractivity contribution is 5.85. The van der Waals surface area contributed by atoms with E-state index in [4.69, 9.17) is 0 Å². The molecule has 15 heavy (non-hydrogen) atoms. The van der Waals surface area contributed by atoms with E-state index in [1.54, 1.807) is 0 Å². The van der Waals surface area contributed by atoms with E-state index in [2.05, 4.69) is 37.4 Å². The fourth-order valence-corrected chi connectivity index (χ4v) is 2.27. The summed E-state index contributed by atoms with van der Waals surface area (Å²) in [6, 6.07) is 7.24. The molecule has 0 aromatic heterocycles. The minimum absolute atomic E-state index is 0. The summed E-state index contributed by atoms with van der Waals surface area (Å²) < 4.78 is 0. The number of hydrogen-bond donors (Lipinski definition) is 1. The second kappa shape index (κ2) is 5.53. The molecule has 1 aromatic rings. The summed E-state index contributed by atoms with van der Waals surface area (Å²) in [4.78, 5) is 0. The van der Waals surface area contributed by atoms with E-state index in [0.29, 0.717) is 6.04 Å². The van der Waals surface area contributed by atoms with E-state index >= 15 is 0 Å². The predicted molar refractivity (Wildman–Crippen MR) is 67.8 cm³/mol. The van der Waals surface area contributed by atoms with Crippen molar-refractivity contribution in [1.29, 1.82) is 0 Å². The Hall–Kier alpha value is -0.530. The van der Waals surface area contributed by atoms with Gasteiger partial charge in [0.1, 0.15) is 0 Å². The zero-order valence-corrected chi connectivity index (χ0v) is 10.4. The monoisotopic (exact) mass is 225 g/mol. The Balaban J connectivity index is 0.00000112. The molecule has 1 atom stereocenters. The molecule has 1 N–H and O–H groups in total. The first-order chi connectivity index (χ1) is 6.79. The molecular weight excluding hydrogens is 206 g/mol. The van der Waals surface area contributed by atoms with Crippen LogP contribution in [-0.2, 0) is 0 Å². The van der Waals surface area contributed by atoms with Gasteiger partial charge in [-0.2, -0.15) is 0 Å². The molecule has 1 fully saturated rings. The molecule has 2 rings (SSSR count). The maximum Gasteiger partial charge on any atom is 0.0322 e. The zero-order chi connectivity index (χ0) is 9.97. The SMILES string of the molecule is Cc1cccc([C@@H]2CCCCN2)c1C.Cl. The standard InChI is InChI=1S/C13H19N.ClH/c1-10-6-5-7-12(11(10)2)13-8-3-4-9-14-13;/h5-7,13-14H,3-4,8-9H2,1-2H3;1H/t13-;/m0./s1. The van der Waals surface area contributed by atoms with Crippen molar-refractivity contribution in [3.05, 3.63) is 34.9 Å². The van der Waals surface area contributed by atoms with Crippen LogP contribution >= 0.6 is 12.4 Å². The lowest BCUT2D eigenvalue weighted by Gasteiger charge is -2.25. The van der Waals surface area contributed by atoms with Gasteiger partial charge in [0.25, 0.3) is 0 Å². The summed E-state index contributed by atoms with van der Waals surface area (Å²) in [7, 11) is 0. The number of aryl methyl sites for hydroxylation is 1. The van der Waals surface area contributed by atoms with E-state index < -0.39 is 0 Å². The van der Waals surface area contributed by atoms with Crippen LogP contribution < -0.4 is 5.32 Å². The van der Waals surface area contributed by atoms with Gasteiger partial charge in [-0.05, 0) is 49.9 Å². The van der Waals surface area contributed by atoms with Crippen molar-refractivity contribution in [2.45, 2.75) is 39.2 Å². The lowest BCUT2D eigenvalue weighted by atomic mass is 9.92. The smallest absolute Gasteiger partial charge is 0.0322 e. The van der Waals surface area contributed by atoms with Gasteiger partial charge in [0.2, 0.25) is 0 Å². The maximum atomic E-state index is 3.60. The third-order valence-corrected chi connectivity index (χ3v) is 3.33. The van der Waals surface area contributed by atoms with Gasteiger partial charge in [-0.3, -0.25) is 0 Å². The summed E-state index contributed by atoms with van der Waals surface area (Å²) in [6.07, 6.45) is 4.00. The molecule has 1 heterocycles. The Morgan fingerprint density at radius 1 is 1.20 bits per heavy atom.